The van der Waals surface area contributed by atoms with E-state index in [1.807, 2.05) is 12.1 Å². The Morgan fingerprint density at radius 1 is 1.37 bits per heavy atom. The summed E-state index contributed by atoms with van der Waals surface area (Å²) in [6, 6.07) is 3.83. The second-order valence-corrected chi connectivity index (χ2v) is 5.63. The number of rotatable bonds is 6. The number of ether oxygens (including phenoxy) is 2. The molecule has 1 fully saturated rings. The van der Waals surface area contributed by atoms with Gasteiger partial charge in [0.1, 0.15) is 0 Å². The molecule has 1 saturated carbocycles. The highest BCUT2D eigenvalue weighted by Crippen LogP contribution is 2.43. The fourth-order valence-electron chi connectivity index (χ4n) is 2.30. The van der Waals surface area contributed by atoms with E-state index in [9.17, 15) is 4.79 Å². The molecular weight excluding hydrogens is 312 g/mol. The molecule has 1 aliphatic rings. The van der Waals surface area contributed by atoms with Crippen LogP contribution in [-0.4, -0.2) is 25.3 Å². The van der Waals surface area contributed by atoms with E-state index >= 15 is 0 Å². The summed E-state index contributed by atoms with van der Waals surface area (Å²) in [6.07, 6.45) is 2.54. The summed E-state index contributed by atoms with van der Waals surface area (Å²) in [5.41, 5.74) is 1.12. The van der Waals surface area contributed by atoms with Crippen LogP contribution in [0.3, 0.4) is 0 Å². The quantitative estimate of drug-likeness (QED) is 0.871. The van der Waals surface area contributed by atoms with Crippen molar-refractivity contribution >= 4 is 21.9 Å². The van der Waals surface area contributed by atoms with E-state index in [4.69, 9.17) is 14.6 Å². The average molecular weight is 329 g/mol. The molecule has 0 spiro atoms. The van der Waals surface area contributed by atoms with Crippen LogP contribution in [0.1, 0.15) is 18.4 Å². The van der Waals surface area contributed by atoms with Gasteiger partial charge in [-0.1, -0.05) is 15.9 Å². The van der Waals surface area contributed by atoms with Gasteiger partial charge in [0, 0.05) is 4.47 Å². The molecule has 2 rings (SSSR count). The SMILES string of the molecule is COc1cc(Br)c(CCC2CC2C(=O)O)cc1OC. The van der Waals surface area contributed by atoms with Crippen molar-refractivity contribution in [3.63, 3.8) is 0 Å². The van der Waals surface area contributed by atoms with Gasteiger partial charge in [-0.2, -0.15) is 0 Å². The molecule has 19 heavy (non-hydrogen) atoms. The lowest BCUT2D eigenvalue weighted by Gasteiger charge is -2.11. The molecule has 0 radical (unpaired) electrons. The largest absolute Gasteiger partial charge is 0.493 e. The van der Waals surface area contributed by atoms with E-state index in [-0.39, 0.29) is 5.92 Å². The molecule has 0 aliphatic heterocycles. The van der Waals surface area contributed by atoms with Crippen molar-refractivity contribution in [1.29, 1.82) is 0 Å². The monoisotopic (exact) mass is 328 g/mol. The molecule has 104 valence electrons. The Morgan fingerprint density at radius 3 is 2.53 bits per heavy atom. The molecule has 0 aromatic heterocycles. The van der Waals surface area contributed by atoms with Gasteiger partial charge in [0.05, 0.1) is 20.1 Å². The Kier molecular flexibility index (Phi) is 4.34. The first-order chi connectivity index (χ1) is 9.06. The van der Waals surface area contributed by atoms with Crippen LogP contribution in [0.5, 0.6) is 11.5 Å². The third-order valence-electron chi connectivity index (χ3n) is 3.58. The number of aliphatic carboxylic acids is 1. The summed E-state index contributed by atoms with van der Waals surface area (Å²) >= 11 is 3.51. The number of methoxy groups -OCH3 is 2. The van der Waals surface area contributed by atoms with Gasteiger partial charge >= 0.3 is 5.97 Å². The number of halogens is 1. The highest BCUT2D eigenvalue weighted by molar-refractivity contribution is 9.10. The number of hydrogen-bond acceptors (Lipinski definition) is 3. The predicted octanol–water partition coefficient (Wildman–Crippen LogP) is 3.12. The zero-order chi connectivity index (χ0) is 14.0. The zero-order valence-electron chi connectivity index (χ0n) is 11.0. The van der Waals surface area contributed by atoms with Crippen LogP contribution in [0, 0.1) is 11.8 Å². The van der Waals surface area contributed by atoms with Gasteiger partial charge in [-0.25, -0.2) is 0 Å². The lowest BCUT2D eigenvalue weighted by atomic mass is 10.1. The standard InChI is InChI=1S/C14H17BrO4/c1-18-12-6-9(11(15)7-13(12)19-2)4-3-8-5-10(8)14(16)17/h6-8,10H,3-5H2,1-2H3,(H,16,17). The van der Waals surface area contributed by atoms with Gasteiger partial charge in [0.15, 0.2) is 11.5 Å². The molecule has 1 N–H and O–H groups in total. The fraction of sp³-hybridized carbons (Fsp3) is 0.500. The van der Waals surface area contributed by atoms with Gasteiger partial charge in [0.2, 0.25) is 0 Å². The lowest BCUT2D eigenvalue weighted by Crippen LogP contribution is -2.00. The highest BCUT2D eigenvalue weighted by Gasteiger charge is 2.42. The van der Waals surface area contributed by atoms with Crippen LogP contribution in [0.15, 0.2) is 16.6 Å². The molecule has 0 bridgehead atoms. The van der Waals surface area contributed by atoms with Crippen LogP contribution in [0.2, 0.25) is 0 Å². The smallest absolute Gasteiger partial charge is 0.306 e. The summed E-state index contributed by atoms with van der Waals surface area (Å²) < 4.78 is 11.5. The topological polar surface area (TPSA) is 55.8 Å². The minimum absolute atomic E-state index is 0.140. The van der Waals surface area contributed by atoms with E-state index in [1.165, 1.54) is 0 Å². The number of aryl methyl sites for hydroxylation is 1. The molecule has 1 aromatic carbocycles. The first-order valence-electron chi connectivity index (χ1n) is 6.20. The Morgan fingerprint density at radius 2 is 2.00 bits per heavy atom. The maximum absolute atomic E-state index is 10.8. The number of carboxylic acid groups (broad SMARTS) is 1. The summed E-state index contributed by atoms with van der Waals surface area (Å²) in [5, 5.41) is 8.88. The van der Waals surface area contributed by atoms with Crippen molar-refractivity contribution in [2.45, 2.75) is 19.3 Å². The van der Waals surface area contributed by atoms with Crippen molar-refractivity contribution in [2.75, 3.05) is 14.2 Å². The summed E-state index contributed by atoms with van der Waals surface area (Å²) in [6.45, 7) is 0. The number of carbonyl (C=O) groups is 1. The number of carboxylic acids is 1. The Bertz CT molecular complexity index is 487. The van der Waals surface area contributed by atoms with Crippen LogP contribution < -0.4 is 9.47 Å². The van der Waals surface area contributed by atoms with Crippen molar-refractivity contribution in [3.8, 4) is 11.5 Å². The van der Waals surface area contributed by atoms with Crippen LogP contribution >= 0.6 is 15.9 Å². The number of hydrogen-bond donors (Lipinski definition) is 1. The van der Waals surface area contributed by atoms with Gasteiger partial charge in [-0.05, 0) is 42.9 Å². The van der Waals surface area contributed by atoms with Gasteiger partial charge < -0.3 is 14.6 Å². The molecule has 0 heterocycles. The van der Waals surface area contributed by atoms with Crippen molar-refractivity contribution in [3.05, 3.63) is 22.2 Å². The van der Waals surface area contributed by atoms with E-state index in [0.717, 1.165) is 29.3 Å². The molecule has 2 atom stereocenters. The minimum Gasteiger partial charge on any atom is -0.493 e. The Labute approximate surface area is 120 Å². The highest BCUT2D eigenvalue weighted by atomic mass is 79.9. The van der Waals surface area contributed by atoms with Gasteiger partial charge in [-0.3, -0.25) is 4.79 Å². The molecule has 2 unspecified atom stereocenters. The molecule has 5 heteroatoms. The Balaban J connectivity index is 2.02. The zero-order valence-corrected chi connectivity index (χ0v) is 12.6. The summed E-state index contributed by atoms with van der Waals surface area (Å²) in [7, 11) is 3.21. The Hall–Kier alpha value is -1.23. The van der Waals surface area contributed by atoms with Crippen LogP contribution in [-0.2, 0) is 11.2 Å². The summed E-state index contributed by atoms with van der Waals surface area (Å²) in [4.78, 5) is 10.8. The van der Waals surface area contributed by atoms with E-state index in [2.05, 4.69) is 15.9 Å². The van der Waals surface area contributed by atoms with Crippen molar-refractivity contribution in [2.24, 2.45) is 11.8 Å². The number of benzene rings is 1. The molecular formula is C14H17BrO4. The van der Waals surface area contributed by atoms with E-state index < -0.39 is 5.97 Å². The maximum atomic E-state index is 10.8. The first kappa shape index (κ1) is 14.2. The van der Waals surface area contributed by atoms with Crippen LogP contribution in [0.25, 0.3) is 0 Å². The van der Waals surface area contributed by atoms with E-state index in [1.54, 1.807) is 14.2 Å². The van der Waals surface area contributed by atoms with E-state index in [0.29, 0.717) is 17.4 Å². The third-order valence-corrected chi connectivity index (χ3v) is 4.32. The molecule has 0 amide bonds. The van der Waals surface area contributed by atoms with Crippen LogP contribution in [0.4, 0.5) is 0 Å². The minimum atomic E-state index is -0.670. The maximum Gasteiger partial charge on any atom is 0.306 e. The summed E-state index contributed by atoms with van der Waals surface area (Å²) in [5.74, 6) is 0.895. The van der Waals surface area contributed by atoms with Crippen molar-refractivity contribution < 1.29 is 19.4 Å². The molecule has 4 nitrogen and oxygen atoms in total. The normalized spacial score (nSPS) is 21.0. The molecule has 0 saturated heterocycles. The van der Waals surface area contributed by atoms with Gasteiger partial charge in [-0.15, -0.1) is 0 Å². The van der Waals surface area contributed by atoms with Crippen molar-refractivity contribution in [1.82, 2.24) is 0 Å². The second kappa shape index (κ2) is 5.82. The fourth-order valence-corrected chi connectivity index (χ4v) is 2.82. The predicted molar refractivity (Wildman–Crippen MR) is 74.8 cm³/mol. The van der Waals surface area contributed by atoms with Gasteiger partial charge in [0.25, 0.3) is 0 Å². The molecule has 1 aliphatic carbocycles. The third kappa shape index (κ3) is 3.21. The molecule has 1 aromatic rings. The average Bonchev–Trinajstić information content (AvgIpc) is 3.16. The lowest BCUT2D eigenvalue weighted by molar-refractivity contribution is -0.138. The second-order valence-electron chi connectivity index (χ2n) is 4.78. The first-order valence-corrected chi connectivity index (χ1v) is 6.99.